The standard InChI is InChI=1S/C12H15N5OS/c1-2-10(13)11(18)16-8-3-5-9(6-4-8)19-12-14-7-15-17-12/h3-7,10H,2,13H2,1H3,(H,16,18)(H,14,15,17)/t10-/m1/s1. The number of anilines is 1. The molecule has 0 aliphatic heterocycles. The van der Waals surface area contributed by atoms with Gasteiger partial charge in [-0.05, 0) is 30.7 Å². The molecule has 100 valence electrons. The molecule has 2 aromatic rings. The summed E-state index contributed by atoms with van der Waals surface area (Å²) in [5.41, 5.74) is 6.38. The molecule has 0 saturated heterocycles. The van der Waals surface area contributed by atoms with Crippen LogP contribution in [0.15, 0.2) is 40.6 Å². The highest BCUT2D eigenvalue weighted by Crippen LogP contribution is 2.25. The Labute approximate surface area is 115 Å². The number of nitrogens with one attached hydrogen (secondary N) is 2. The van der Waals surface area contributed by atoms with Crippen molar-refractivity contribution in [2.75, 3.05) is 5.32 Å². The molecule has 7 heteroatoms. The van der Waals surface area contributed by atoms with E-state index in [9.17, 15) is 4.79 Å². The van der Waals surface area contributed by atoms with Gasteiger partial charge in [-0.1, -0.05) is 18.7 Å². The molecule has 0 aliphatic carbocycles. The first kappa shape index (κ1) is 13.6. The Balaban J connectivity index is 1.96. The highest BCUT2D eigenvalue weighted by atomic mass is 32.2. The van der Waals surface area contributed by atoms with Crippen LogP contribution < -0.4 is 11.1 Å². The molecule has 0 radical (unpaired) electrons. The summed E-state index contributed by atoms with van der Waals surface area (Å²) in [5, 5.41) is 10.0. The van der Waals surface area contributed by atoms with Gasteiger partial charge in [0.15, 0.2) is 5.16 Å². The molecular formula is C12H15N5OS. The van der Waals surface area contributed by atoms with Gasteiger partial charge in [0.05, 0.1) is 6.04 Å². The topological polar surface area (TPSA) is 96.7 Å². The molecule has 0 saturated carbocycles. The van der Waals surface area contributed by atoms with Crippen LogP contribution in [-0.2, 0) is 4.79 Å². The van der Waals surface area contributed by atoms with Crippen LogP contribution in [0.5, 0.6) is 0 Å². The molecule has 0 aliphatic rings. The Hall–Kier alpha value is -1.86. The van der Waals surface area contributed by atoms with Gasteiger partial charge < -0.3 is 11.1 Å². The van der Waals surface area contributed by atoms with Crippen molar-refractivity contribution >= 4 is 23.4 Å². The van der Waals surface area contributed by atoms with Crippen molar-refractivity contribution in [1.82, 2.24) is 15.2 Å². The van der Waals surface area contributed by atoms with E-state index in [-0.39, 0.29) is 5.91 Å². The van der Waals surface area contributed by atoms with Crippen LogP contribution in [-0.4, -0.2) is 27.1 Å². The second-order valence-electron chi connectivity index (χ2n) is 3.92. The maximum atomic E-state index is 11.6. The Morgan fingerprint density at radius 3 is 2.79 bits per heavy atom. The molecule has 19 heavy (non-hydrogen) atoms. The number of benzene rings is 1. The molecule has 2 rings (SSSR count). The minimum absolute atomic E-state index is 0.168. The summed E-state index contributed by atoms with van der Waals surface area (Å²) >= 11 is 1.47. The highest BCUT2D eigenvalue weighted by Gasteiger charge is 2.10. The molecule has 0 bridgehead atoms. The first-order chi connectivity index (χ1) is 9.19. The molecule has 4 N–H and O–H groups in total. The van der Waals surface area contributed by atoms with Crippen LogP contribution >= 0.6 is 11.8 Å². The van der Waals surface area contributed by atoms with Crippen LogP contribution in [0, 0.1) is 0 Å². The number of amides is 1. The average molecular weight is 277 g/mol. The third-order valence-corrected chi connectivity index (χ3v) is 3.40. The second-order valence-corrected chi connectivity index (χ2v) is 4.98. The number of hydrogen-bond acceptors (Lipinski definition) is 5. The van der Waals surface area contributed by atoms with E-state index >= 15 is 0 Å². The molecule has 1 aromatic heterocycles. The molecule has 0 unspecified atom stereocenters. The maximum Gasteiger partial charge on any atom is 0.241 e. The van der Waals surface area contributed by atoms with E-state index < -0.39 is 6.04 Å². The zero-order chi connectivity index (χ0) is 13.7. The largest absolute Gasteiger partial charge is 0.325 e. The number of hydrogen-bond donors (Lipinski definition) is 3. The molecule has 1 amide bonds. The van der Waals surface area contributed by atoms with Crippen LogP contribution in [0.1, 0.15) is 13.3 Å². The summed E-state index contributed by atoms with van der Waals surface area (Å²) in [6.07, 6.45) is 2.08. The lowest BCUT2D eigenvalue weighted by atomic mass is 10.2. The minimum atomic E-state index is -0.469. The Kier molecular flexibility index (Phi) is 4.53. The van der Waals surface area contributed by atoms with E-state index in [1.165, 1.54) is 18.1 Å². The van der Waals surface area contributed by atoms with Crippen molar-refractivity contribution in [3.8, 4) is 0 Å². The van der Waals surface area contributed by atoms with Crippen LogP contribution in [0.2, 0.25) is 0 Å². The van der Waals surface area contributed by atoms with E-state index in [2.05, 4.69) is 20.5 Å². The summed E-state index contributed by atoms with van der Waals surface area (Å²) < 4.78 is 0. The van der Waals surface area contributed by atoms with Crippen LogP contribution in [0.25, 0.3) is 0 Å². The van der Waals surface area contributed by atoms with Gasteiger partial charge >= 0.3 is 0 Å². The molecule has 1 atom stereocenters. The first-order valence-corrected chi connectivity index (χ1v) is 6.70. The second kappa shape index (κ2) is 6.35. The van der Waals surface area contributed by atoms with Gasteiger partial charge in [0.2, 0.25) is 5.91 Å². The fourth-order valence-corrected chi connectivity index (χ4v) is 2.08. The van der Waals surface area contributed by atoms with Gasteiger partial charge in [-0.3, -0.25) is 9.89 Å². The number of aromatic amines is 1. The number of carbonyl (C=O) groups excluding carboxylic acids is 1. The lowest BCUT2D eigenvalue weighted by Crippen LogP contribution is -2.34. The summed E-state index contributed by atoms with van der Waals surface area (Å²) in [7, 11) is 0. The number of H-pyrrole nitrogens is 1. The van der Waals surface area contributed by atoms with Crippen LogP contribution in [0.4, 0.5) is 5.69 Å². The van der Waals surface area contributed by atoms with E-state index in [0.717, 1.165) is 15.7 Å². The smallest absolute Gasteiger partial charge is 0.241 e. The van der Waals surface area contributed by atoms with E-state index in [0.29, 0.717) is 6.42 Å². The summed E-state index contributed by atoms with van der Waals surface area (Å²) in [6.45, 7) is 1.88. The summed E-state index contributed by atoms with van der Waals surface area (Å²) in [6, 6.07) is 7.00. The zero-order valence-electron chi connectivity index (χ0n) is 10.5. The number of aromatic nitrogens is 3. The van der Waals surface area contributed by atoms with Crippen molar-refractivity contribution in [3.63, 3.8) is 0 Å². The quantitative estimate of drug-likeness (QED) is 0.772. The van der Waals surface area contributed by atoms with Crippen molar-refractivity contribution in [2.24, 2.45) is 5.73 Å². The van der Waals surface area contributed by atoms with Crippen molar-refractivity contribution < 1.29 is 4.79 Å². The molecule has 0 spiro atoms. The van der Waals surface area contributed by atoms with Gasteiger partial charge in [-0.15, -0.1) is 0 Å². The first-order valence-electron chi connectivity index (χ1n) is 5.88. The predicted molar refractivity (Wildman–Crippen MR) is 73.8 cm³/mol. The monoisotopic (exact) mass is 277 g/mol. The van der Waals surface area contributed by atoms with Crippen molar-refractivity contribution in [3.05, 3.63) is 30.6 Å². The lowest BCUT2D eigenvalue weighted by Gasteiger charge is -2.10. The highest BCUT2D eigenvalue weighted by molar-refractivity contribution is 7.99. The molecule has 1 aromatic carbocycles. The van der Waals surface area contributed by atoms with E-state index in [1.54, 1.807) is 0 Å². The average Bonchev–Trinajstić information content (AvgIpc) is 2.93. The van der Waals surface area contributed by atoms with Gasteiger partial charge in [-0.2, -0.15) is 5.10 Å². The number of nitrogens with zero attached hydrogens (tertiary/aromatic N) is 2. The number of carbonyl (C=O) groups is 1. The summed E-state index contributed by atoms with van der Waals surface area (Å²) in [5.74, 6) is -0.168. The van der Waals surface area contributed by atoms with Crippen molar-refractivity contribution in [1.29, 1.82) is 0 Å². The Morgan fingerprint density at radius 1 is 1.47 bits per heavy atom. The van der Waals surface area contributed by atoms with Crippen LogP contribution in [0.3, 0.4) is 0 Å². The SMILES string of the molecule is CC[C@@H](N)C(=O)Nc1ccc(Sc2ncn[nH]2)cc1. The minimum Gasteiger partial charge on any atom is -0.325 e. The van der Waals surface area contributed by atoms with E-state index in [4.69, 9.17) is 5.73 Å². The third-order valence-electron chi connectivity index (χ3n) is 2.51. The molecular weight excluding hydrogens is 262 g/mol. The maximum absolute atomic E-state index is 11.6. The van der Waals surface area contributed by atoms with E-state index in [1.807, 2.05) is 31.2 Å². The Morgan fingerprint density at radius 2 is 2.21 bits per heavy atom. The predicted octanol–water partition coefficient (Wildman–Crippen LogP) is 1.63. The zero-order valence-corrected chi connectivity index (χ0v) is 11.3. The fourth-order valence-electron chi connectivity index (χ4n) is 1.38. The number of nitrogens with two attached hydrogens (primary N) is 1. The fraction of sp³-hybridized carbons (Fsp3) is 0.250. The molecule has 6 nitrogen and oxygen atoms in total. The third kappa shape index (κ3) is 3.80. The molecule has 0 fully saturated rings. The molecule has 1 heterocycles. The number of rotatable bonds is 5. The normalized spacial score (nSPS) is 12.1. The van der Waals surface area contributed by atoms with Gasteiger partial charge in [0.1, 0.15) is 6.33 Å². The lowest BCUT2D eigenvalue weighted by molar-refractivity contribution is -0.117. The van der Waals surface area contributed by atoms with Gasteiger partial charge in [0, 0.05) is 10.6 Å². The van der Waals surface area contributed by atoms with Gasteiger partial charge in [-0.25, -0.2) is 4.98 Å². The van der Waals surface area contributed by atoms with Gasteiger partial charge in [0.25, 0.3) is 0 Å². The Bertz CT molecular complexity index is 526. The van der Waals surface area contributed by atoms with Crippen molar-refractivity contribution in [2.45, 2.75) is 29.4 Å². The summed E-state index contributed by atoms with van der Waals surface area (Å²) in [4.78, 5) is 16.7.